The van der Waals surface area contributed by atoms with Crippen LogP contribution in [0.25, 0.3) is 0 Å². The normalized spacial score (nSPS) is 10.3. The molecular weight excluding hydrogens is 274 g/mol. The molecule has 0 atom stereocenters. The van der Waals surface area contributed by atoms with Gasteiger partial charge in [0.2, 0.25) is 0 Å². The van der Waals surface area contributed by atoms with Crippen molar-refractivity contribution in [3.05, 3.63) is 58.6 Å². The summed E-state index contributed by atoms with van der Waals surface area (Å²) >= 11 is 5.87. The van der Waals surface area contributed by atoms with E-state index < -0.39 is 17.5 Å². The van der Waals surface area contributed by atoms with Crippen LogP contribution in [0.5, 0.6) is 0 Å². The molecule has 2 aromatic rings. The summed E-state index contributed by atoms with van der Waals surface area (Å²) in [5.74, 6) is -2.84. The Kier molecular flexibility index (Phi) is 3.66. The molecule has 0 bridgehead atoms. The number of benzene rings is 2. The molecule has 0 radical (unpaired) electrons. The van der Waals surface area contributed by atoms with Gasteiger partial charge in [-0.2, -0.15) is 0 Å². The number of nitrogen functional groups attached to an aromatic ring is 1. The first kappa shape index (κ1) is 13.3. The summed E-state index contributed by atoms with van der Waals surface area (Å²) < 4.78 is 26.4. The molecule has 0 saturated carbocycles. The van der Waals surface area contributed by atoms with Crippen molar-refractivity contribution in [3.8, 4) is 0 Å². The number of carbonyl (C=O) groups is 1. The quantitative estimate of drug-likeness (QED) is 0.829. The lowest BCUT2D eigenvalue weighted by Gasteiger charge is -2.09. The molecule has 0 unspecified atom stereocenters. The maximum atomic E-state index is 13.4. The predicted octanol–water partition coefficient (Wildman–Crippen LogP) is 3.45. The molecule has 6 heteroatoms. The summed E-state index contributed by atoms with van der Waals surface area (Å²) in [6.45, 7) is 0. The van der Waals surface area contributed by atoms with E-state index in [1.54, 1.807) is 0 Å². The van der Waals surface area contributed by atoms with E-state index in [0.29, 0.717) is 0 Å². The van der Waals surface area contributed by atoms with Crippen LogP contribution in [-0.4, -0.2) is 5.91 Å². The number of nitrogens with two attached hydrogens (primary N) is 1. The van der Waals surface area contributed by atoms with Gasteiger partial charge in [0.15, 0.2) is 11.6 Å². The lowest BCUT2D eigenvalue weighted by atomic mass is 10.2. The molecule has 0 heterocycles. The van der Waals surface area contributed by atoms with Crippen molar-refractivity contribution in [2.75, 3.05) is 11.1 Å². The van der Waals surface area contributed by atoms with Crippen molar-refractivity contribution in [3.63, 3.8) is 0 Å². The van der Waals surface area contributed by atoms with E-state index in [2.05, 4.69) is 5.32 Å². The molecule has 2 aromatic carbocycles. The van der Waals surface area contributed by atoms with E-state index in [4.69, 9.17) is 17.3 Å². The second kappa shape index (κ2) is 5.24. The Bertz CT molecular complexity index is 647. The van der Waals surface area contributed by atoms with E-state index >= 15 is 0 Å². The molecule has 0 spiro atoms. The van der Waals surface area contributed by atoms with Gasteiger partial charge in [-0.05, 0) is 24.3 Å². The maximum Gasteiger partial charge on any atom is 0.257 e. The summed E-state index contributed by atoms with van der Waals surface area (Å²) in [6.07, 6.45) is 0. The van der Waals surface area contributed by atoms with Gasteiger partial charge in [0.1, 0.15) is 0 Å². The Balaban J connectivity index is 2.31. The minimum Gasteiger partial charge on any atom is -0.398 e. The molecule has 2 rings (SSSR count). The average Bonchev–Trinajstić information content (AvgIpc) is 2.38. The number of hydrogen-bond donors (Lipinski definition) is 2. The van der Waals surface area contributed by atoms with Crippen molar-refractivity contribution < 1.29 is 13.6 Å². The summed E-state index contributed by atoms with van der Waals surface area (Å²) in [7, 11) is 0. The highest BCUT2D eigenvalue weighted by Gasteiger charge is 2.15. The number of anilines is 2. The first-order valence-corrected chi connectivity index (χ1v) is 5.68. The summed E-state index contributed by atoms with van der Waals surface area (Å²) in [4.78, 5) is 11.9. The Hall–Kier alpha value is -2.14. The minimum atomic E-state index is -1.13. The third kappa shape index (κ3) is 2.66. The number of amides is 1. The van der Waals surface area contributed by atoms with Crippen molar-refractivity contribution in [2.45, 2.75) is 0 Å². The van der Waals surface area contributed by atoms with E-state index in [0.717, 1.165) is 6.07 Å². The van der Waals surface area contributed by atoms with Crippen molar-refractivity contribution >= 4 is 28.9 Å². The Labute approximate surface area is 113 Å². The van der Waals surface area contributed by atoms with E-state index in [9.17, 15) is 13.6 Å². The van der Waals surface area contributed by atoms with Gasteiger partial charge < -0.3 is 11.1 Å². The summed E-state index contributed by atoms with van der Waals surface area (Å²) in [5, 5.41) is 2.31. The highest BCUT2D eigenvalue weighted by Crippen LogP contribution is 2.24. The van der Waals surface area contributed by atoms with Crippen LogP contribution >= 0.6 is 11.6 Å². The second-order valence-corrected chi connectivity index (χ2v) is 4.14. The van der Waals surface area contributed by atoms with Gasteiger partial charge in [-0.25, -0.2) is 8.78 Å². The van der Waals surface area contributed by atoms with Crippen LogP contribution in [0.4, 0.5) is 20.2 Å². The monoisotopic (exact) mass is 282 g/mol. The fourth-order valence-corrected chi connectivity index (χ4v) is 1.73. The van der Waals surface area contributed by atoms with Crippen LogP contribution in [0.15, 0.2) is 36.4 Å². The third-order valence-corrected chi connectivity index (χ3v) is 2.89. The van der Waals surface area contributed by atoms with Crippen LogP contribution in [0, 0.1) is 11.6 Å². The predicted molar refractivity (Wildman–Crippen MR) is 70.2 cm³/mol. The van der Waals surface area contributed by atoms with Crippen LogP contribution in [-0.2, 0) is 0 Å². The fourth-order valence-electron chi connectivity index (χ4n) is 1.52. The van der Waals surface area contributed by atoms with Gasteiger partial charge >= 0.3 is 0 Å². The van der Waals surface area contributed by atoms with Crippen molar-refractivity contribution in [2.24, 2.45) is 0 Å². The number of carbonyl (C=O) groups excluding carboxylic acids is 1. The fraction of sp³-hybridized carbons (Fsp3) is 0. The van der Waals surface area contributed by atoms with E-state index in [1.165, 1.54) is 30.3 Å². The molecule has 1 amide bonds. The van der Waals surface area contributed by atoms with Crippen LogP contribution < -0.4 is 11.1 Å². The van der Waals surface area contributed by atoms with Gasteiger partial charge in [-0.15, -0.1) is 0 Å². The van der Waals surface area contributed by atoms with Crippen LogP contribution in [0.1, 0.15) is 10.4 Å². The first-order chi connectivity index (χ1) is 9.00. The van der Waals surface area contributed by atoms with Gasteiger partial charge in [0.05, 0.1) is 22.0 Å². The molecule has 19 heavy (non-hydrogen) atoms. The maximum absolute atomic E-state index is 13.4. The Morgan fingerprint density at radius 3 is 2.58 bits per heavy atom. The molecule has 0 fully saturated rings. The molecule has 98 valence electrons. The highest BCUT2D eigenvalue weighted by molar-refractivity contribution is 6.36. The molecule has 0 aromatic heterocycles. The zero-order valence-corrected chi connectivity index (χ0v) is 10.3. The number of halogens is 3. The summed E-state index contributed by atoms with van der Waals surface area (Å²) in [5.41, 5.74) is 5.62. The van der Waals surface area contributed by atoms with Gasteiger partial charge in [0.25, 0.3) is 5.91 Å². The Morgan fingerprint density at radius 1 is 1.16 bits per heavy atom. The third-order valence-electron chi connectivity index (χ3n) is 2.47. The molecular formula is C13H9ClF2N2O. The smallest absolute Gasteiger partial charge is 0.257 e. The number of hydrogen-bond acceptors (Lipinski definition) is 2. The van der Waals surface area contributed by atoms with E-state index in [-0.39, 0.29) is 22.0 Å². The molecule has 0 saturated heterocycles. The largest absolute Gasteiger partial charge is 0.398 e. The van der Waals surface area contributed by atoms with E-state index in [1.807, 2.05) is 0 Å². The van der Waals surface area contributed by atoms with Crippen LogP contribution in [0.3, 0.4) is 0 Å². The van der Waals surface area contributed by atoms with Crippen LogP contribution in [0.2, 0.25) is 5.02 Å². The first-order valence-electron chi connectivity index (χ1n) is 5.30. The van der Waals surface area contributed by atoms with Gasteiger partial charge in [0, 0.05) is 0 Å². The minimum absolute atomic E-state index is 0.0665. The molecule has 3 N–H and O–H groups in total. The summed E-state index contributed by atoms with van der Waals surface area (Å²) in [6, 6.07) is 8.00. The van der Waals surface area contributed by atoms with Crippen molar-refractivity contribution in [1.29, 1.82) is 0 Å². The highest BCUT2D eigenvalue weighted by atomic mass is 35.5. The zero-order valence-electron chi connectivity index (χ0n) is 9.58. The van der Waals surface area contributed by atoms with Crippen molar-refractivity contribution in [1.82, 2.24) is 0 Å². The lowest BCUT2D eigenvalue weighted by molar-refractivity contribution is 0.102. The molecule has 0 aliphatic carbocycles. The standard InChI is InChI=1S/C13H9ClF2N2O/c14-11-7(3-1-5-9(11)17)13(19)18-10-6-2-4-8(15)12(10)16/h1-6H,17H2,(H,18,19). The number of nitrogens with one attached hydrogen (secondary N) is 1. The zero-order chi connectivity index (χ0) is 14.0. The molecule has 3 nitrogen and oxygen atoms in total. The average molecular weight is 283 g/mol. The molecule has 0 aliphatic rings. The topological polar surface area (TPSA) is 55.1 Å². The number of rotatable bonds is 2. The van der Waals surface area contributed by atoms with Gasteiger partial charge in [-0.1, -0.05) is 23.7 Å². The Morgan fingerprint density at radius 2 is 1.84 bits per heavy atom. The second-order valence-electron chi connectivity index (χ2n) is 3.76. The molecule has 0 aliphatic heterocycles. The van der Waals surface area contributed by atoms with Gasteiger partial charge in [-0.3, -0.25) is 4.79 Å². The SMILES string of the molecule is Nc1cccc(C(=O)Nc2cccc(F)c2F)c1Cl. The lowest BCUT2D eigenvalue weighted by Crippen LogP contribution is -2.14.